The van der Waals surface area contributed by atoms with E-state index in [4.69, 9.17) is 5.73 Å². The van der Waals surface area contributed by atoms with Crippen LogP contribution in [0.5, 0.6) is 0 Å². The molecule has 1 heterocycles. The van der Waals surface area contributed by atoms with E-state index < -0.39 is 0 Å². The highest BCUT2D eigenvalue weighted by atomic mass is 127. The number of hydrogen-bond acceptors (Lipinski definition) is 3. The summed E-state index contributed by atoms with van der Waals surface area (Å²) in [5, 5.41) is 10.8. The van der Waals surface area contributed by atoms with Gasteiger partial charge in [-0.15, -0.1) is 34.2 Å². The van der Waals surface area contributed by atoms with Crippen molar-refractivity contribution in [2.45, 2.75) is 39.9 Å². The van der Waals surface area contributed by atoms with Crippen LogP contribution < -0.4 is 11.1 Å². The van der Waals surface area contributed by atoms with Crippen LogP contribution >= 0.6 is 24.0 Å². The van der Waals surface area contributed by atoms with Crippen LogP contribution in [0.25, 0.3) is 0 Å². The number of nitrogens with two attached hydrogens (primary N) is 1. The minimum absolute atomic E-state index is 0. The van der Waals surface area contributed by atoms with Gasteiger partial charge in [0.1, 0.15) is 12.9 Å². The molecule has 1 aromatic rings. The van der Waals surface area contributed by atoms with Gasteiger partial charge in [0.2, 0.25) is 0 Å². The maximum Gasteiger partial charge on any atom is 0.189 e. The summed E-state index contributed by atoms with van der Waals surface area (Å²) in [6.07, 6.45) is 1.69. The van der Waals surface area contributed by atoms with Crippen molar-refractivity contribution in [2.24, 2.45) is 10.7 Å². The molecule has 3 N–H and O–H groups in total. The number of hydrogen-bond donors (Lipinski definition) is 2. The van der Waals surface area contributed by atoms with Crippen molar-refractivity contribution in [3.8, 4) is 0 Å². The normalized spacial score (nSPS) is 11.4. The Balaban J connectivity index is 0.00000225. The third-order valence-electron chi connectivity index (χ3n) is 1.86. The first-order valence-corrected chi connectivity index (χ1v) is 5.06. The molecule has 0 atom stereocenters. The van der Waals surface area contributed by atoms with E-state index in [2.05, 4.69) is 20.5 Å². The largest absolute Gasteiger partial charge is 0.370 e. The van der Waals surface area contributed by atoms with Crippen LogP contribution in [-0.4, -0.2) is 26.8 Å². The minimum Gasteiger partial charge on any atom is -0.370 e. The van der Waals surface area contributed by atoms with Crippen LogP contribution in [0.1, 0.15) is 26.6 Å². The number of aryl methyl sites for hydroxylation is 1. The molecular weight excluding hydrogens is 319 g/mol. The number of nitrogens with zero attached hydrogens (tertiary/aromatic N) is 4. The molecule has 0 radical (unpaired) electrons. The summed E-state index contributed by atoms with van der Waals surface area (Å²) in [6, 6.07) is 0.290. The van der Waals surface area contributed by atoms with Gasteiger partial charge in [0.25, 0.3) is 0 Å². The molecule has 0 aromatic carbocycles. The monoisotopic (exact) mass is 338 g/mol. The van der Waals surface area contributed by atoms with Gasteiger partial charge in [0, 0.05) is 12.6 Å². The second kappa shape index (κ2) is 7.42. The molecule has 16 heavy (non-hydrogen) atoms. The Bertz CT molecular complexity index is 332. The van der Waals surface area contributed by atoms with Gasteiger partial charge in [-0.2, -0.15) is 0 Å². The van der Waals surface area contributed by atoms with Crippen molar-refractivity contribution < 1.29 is 0 Å². The van der Waals surface area contributed by atoms with Gasteiger partial charge in [-0.1, -0.05) is 0 Å². The zero-order valence-electron chi connectivity index (χ0n) is 9.84. The average Bonchev–Trinajstić information content (AvgIpc) is 2.60. The number of guanidine groups is 1. The van der Waals surface area contributed by atoms with E-state index in [1.54, 1.807) is 6.33 Å². The number of rotatable bonds is 4. The summed E-state index contributed by atoms with van der Waals surface area (Å²) in [4.78, 5) is 4.18. The lowest BCUT2D eigenvalue weighted by Gasteiger charge is -2.08. The molecule has 92 valence electrons. The van der Waals surface area contributed by atoms with E-state index >= 15 is 0 Å². The van der Waals surface area contributed by atoms with E-state index in [1.165, 1.54) is 0 Å². The fourth-order valence-electron chi connectivity index (χ4n) is 1.16. The Kier molecular flexibility index (Phi) is 7.02. The zero-order valence-corrected chi connectivity index (χ0v) is 12.2. The van der Waals surface area contributed by atoms with Crippen LogP contribution in [0, 0.1) is 0 Å². The maximum absolute atomic E-state index is 5.66. The van der Waals surface area contributed by atoms with E-state index in [1.807, 2.05) is 25.3 Å². The highest BCUT2D eigenvalue weighted by Gasteiger charge is 2.01. The molecule has 0 fully saturated rings. The predicted molar refractivity (Wildman–Crippen MR) is 74.7 cm³/mol. The van der Waals surface area contributed by atoms with Gasteiger partial charge < -0.3 is 15.6 Å². The van der Waals surface area contributed by atoms with Crippen molar-refractivity contribution in [2.75, 3.05) is 0 Å². The fraction of sp³-hybridized carbons (Fsp3) is 0.667. The topological polar surface area (TPSA) is 81.1 Å². The molecule has 1 aromatic heterocycles. The standard InChI is InChI=1S/C9H18N6.HI/c1-4-15-6-12-14-8(15)5-11-9(10)13-7(2)3;/h6-7H,4-5H2,1-3H3,(H3,10,11,13);1H. The molecule has 0 saturated heterocycles. The van der Waals surface area contributed by atoms with Crippen LogP contribution in [0.15, 0.2) is 11.3 Å². The van der Waals surface area contributed by atoms with Gasteiger partial charge >= 0.3 is 0 Å². The Morgan fingerprint density at radius 3 is 2.88 bits per heavy atom. The average molecular weight is 338 g/mol. The molecule has 1 rings (SSSR count). The number of aliphatic imine (C=N–C) groups is 1. The van der Waals surface area contributed by atoms with Crippen LogP contribution in [0.4, 0.5) is 0 Å². The summed E-state index contributed by atoms with van der Waals surface area (Å²) in [5.74, 6) is 1.27. The quantitative estimate of drug-likeness (QED) is 0.482. The van der Waals surface area contributed by atoms with Crippen molar-refractivity contribution in [1.82, 2.24) is 20.1 Å². The number of aromatic nitrogens is 3. The summed E-state index contributed by atoms with van der Waals surface area (Å²) < 4.78 is 1.94. The summed E-state index contributed by atoms with van der Waals surface area (Å²) in [5.41, 5.74) is 5.66. The van der Waals surface area contributed by atoms with Crippen molar-refractivity contribution >= 4 is 29.9 Å². The molecule has 0 saturated carbocycles. The fourth-order valence-corrected chi connectivity index (χ4v) is 1.16. The van der Waals surface area contributed by atoms with Gasteiger partial charge in [-0.25, -0.2) is 4.99 Å². The first-order valence-electron chi connectivity index (χ1n) is 5.06. The predicted octanol–water partition coefficient (Wildman–Crippen LogP) is 0.729. The number of halogens is 1. The summed E-state index contributed by atoms with van der Waals surface area (Å²) in [7, 11) is 0. The first kappa shape index (κ1) is 15.1. The van der Waals surface area contributed by atoms with Crippen molar-refractivity contribution in [3.63, 3.8) is 0 Å². The summed E-state index contributed by atoms with van der Waals surface area (Å²) in [6.45, 7) is 7.36. The van der Waals surface area contributed by atoms with Crippen LogP contribution in [0.3, 0.4) is 0 Å². The maximum atomic E-state index is 5.66. The Hall–Kier alpha value is -0.860. The third kappa shape index (κ3) is 4.77. The van der Waals surface area contributed by atoms with Gasteiger partial charge in [0.05, 0.1) is 0 Å². The Labute approximate surface area is 113 Å². The molecule has 0 unspecified atom stereocenters. The highest BCUT2D eigenvalue weighted by Crippen LogP contribution is 1.96. The lowest BCUT2D eigenvalue weighted by molar-refractivity contribution is 0.689. The molecule has 0 aliphatic rings. The SMILES string of the molecule is CCn1cnnc1CN=C(N)NC(C)C.I. The molecule has 0 amide bonds. The Morgan fingerprint density at radius 2 is 2.31 bits per heavy atom. The second-order valence-electron chi connectivity index (χ2n) is 3.53. The molecule has 0 aliphatic carbocycles. The highest BCUT2D eigenvalue weighted by molar-refractivity contribution is 14.0. The molecular formula is C9H19IN6. The van der Waals surface area contributed by atoms with Gasteiger partial charge in [-0.3, -0.25) is 0 Å². The molecule has 6 nitrogen and oxygen atoms in total. The lowest BCUT2D eigenvalue weighted by Crippen LogP contribution is -2.36. The number of nitrogens with one attached hydrogen (secondary N) is 1. The molecule has 0 aliphatic heterocycles. The molecule has 0 bridgehead atoms. The second-order valence-corrected chi connectivity index (χ2v) is 3.53. The van der Waals surface area contributed by atoms with E-state index in [-0.39, 0.29) is 30.0 Å². The summed E-state index contributed by atoms with van der Waals surface area (Å²) >= 11 is 0. The lowest BCUT2D eigenvalue weighted by atomic mass is 10.4. The van der Waals surface area contributed by atoms with Crippen LogP contribution in [-0.2, 0) is 13.1 Å². The van der Waals surface area contributed by atoms with Gasteiger partial charge in [0.15, 0.2) is 11.8 Å². The van der Waals surface area contributed by atoms with Crippen molar-refractivity contribution in [3.05, 3.63) is 12.2 Å². The zero-order chi connectivity index (χ0) is 11.3. The minimum atomic E-state index is 0. The van der Waals surface area contributed by atoms with Crippen molar-refractivity contribution in [1.29, 1.82) is 0 Å². The van der Waals surface area contributed by atoms with Crippen LogP contribution in [0.2, 0.25) is 0 Å². The molecule has 7 heteroatoms. The first-order chi connectivity index (χ1) is 7.13. The Morgan fingerprint density at radius 1 is 1.62 bits per heavy atom. The third-order valence-corrected chi connectivity index (χ3v) is 1.86. The van der Waals surface area contributed by atoms with E-state index in [0.717, 1.165) is 12.4 Å². The smallest absolute Gasteiger partial charge is 0.189 e. The van der Waals surface area contributed by atoms with E-state index in [9.17, 15) is 0 Å². The van der Waals surface area contributed by atoms with E-state index in [0.29, 0.717) is 12.5 Å². The molecule has 0 spiro atoms. The van der Waals surface area contributed by atoms with Gasteiger partial charge in [-0.05, 0) is 20.8 Å².